The van der Waals surface area contributed by atoms with Gasteiger partial charge in [-0.15, -0.1) is 0 Å². The summed E-state index contributed by atoms with van der Waals surface area (Å²) in [5.41, 5.74) is 2.27. The van der Waals surface area contributed by atoms with Crippen molar-refractivity contribution in [1.82, 2.24) is 0 Å². The number of aliphatic hydroxyl groups is 4. The number of aromatic hydroxyl groups is 1. The van der Waals surface area contributed by atoms with E-state index in [0.29, 0.717) is 11.1 Å². The number of hydrogen-bond acceptors (Lipinski definition) is 8. The summed E-state index contributed by atoms with van der Waals surface area (Å²) in [5, 5.41) is 52.1. The monoisotopic (exact) mass is 439 g/mol. The molecule has 0 aliphatic heterocycles. The molecular weight excluding hydrogens is 418 g/mol. The summed E-state index contributed by atoms with van der Waals surface area (Å²) in [4.78, 5) is 37.8. The fourth-order valence-electron chi connectivity index (χ4n) is 4.92. The Morgan fingerprint density at radius 2 is 1.91 bits per heavy atom. The number of carbonyl (C=O) groups excluding carboxylic acids is 3. The van der Waals surface area contributed by atoms with Crippen LogP contribution in [0.2, 0.25) is 0 Å². The molecule has 0 saturated carbocycles. The van der Waals surface area contributed by atoms with Gasteiger partial charge in [-0.1, -0.05) is 11.8 Å². The van der Waals surface area contributed by atoms with Crippen LogP contribution in [0, 0.1) is 23.7 Å². The largest absolute Gasteiger partial charge is 0.511 e. The lowest BCUT2D eigenvalue weighted by atomic mass is 9.60. The van der Waals surface area contributed by atoms with Crippen LogP contribution in [0.15, 0.2) is 34.8 Å². The molecule has 1 aromatic carbocycles. The highest BCUT2D eigenvalue weighted by Crippen LogP contribution is 2.51. The molecule has 0 aromatic heterocycles. The van der Waals surface area contributed by atoms with E-state index in [9.17, 15) is 39.9 Å². The van der Waals surface area contributed by atoms with Gasteiger partial charge in [0.2, 0.25) is 5.78 Å². The van der Waals surface area contributed by atoms with Crippen molar-refractivity contribution in [3.63, 3.8) is 0 Å². The molecule has 4 atom stereocenters. The summed E-state index contributed by atoms with van der Waals surface area (Å²) in [6.45, 7) is 1.48. The summed E-state index contributed by atoms with van der Waals surface area (Å²) in [5.74, 6) is -1.37. The minimum atomic E-state index is -2.59. The van der Waals surface area contributed by atoms with Crippen LogP contribution in [-0.4, -0.2) is 54.7 Å². The smallest absolute Gasteiger partial charge is 0.255 e. The molecule has 4 rings (SSSR count). The number of benzene rings is 1. The van der Waals surface area contributed by atoms with E-state index < -0.39 is 58.1 Å². The quantitative estimate of drug-likeness (QED) is 0.267. The number of hydrogen-bond donors (Lipinski definition) is 6. The van der Waals surface area contributed by atoms with Gasteiger partial charge in [0.1, 0.15) is 28.9 Å². The van der Waals surface area contributed by atoms with E-state index in [1.807, 2.05) is 0 Å². The van der Waals surface area contributed by atoms with Crippen molar-refractivity contribution in [2.45, 2.75) is 37.9 Å². The zero-order chi connectivity index (χ0) is 23.5. The molecule has 0 heterocycles. The SMILES string of the molecule is CC(O)C#Cc1ccc(O)c2c1C[C@H]1C[C@H]3CC(O)=C(C(N)=O)C(=O)[C@@]3(O)C(O)=C1C2=O. The topological polar surface area (TPSA) is 178 Å². The summed E-state index contributed by atoms with van der Waals surface area (Å²) >= 11 is 0. The second-order valence-electron chi connectivity index (χ2n) is 8.34. The zero-order valence-corrected chi connectivity index (χ0v) is 17.0. The van der Waals surface area contributed by atoms with Gasteiger partial charge in [0.15, 0.2) is 11.4 Å². The van der Waals surface area contributed by atoms with Crippen LogP contribution in [0.4, 0.5) is 0 Å². The third kappa shape index (κ3) is 2.92. The maximum atomic E-state index is 13.3. The first kappa shape index (κ1) is 21.6. The lowest BCUT2D eigenvalue weighted by Gasteiger charge is -2.45. The van der Waals surface area contributed by atoms with E-state index in [1.165, 1.54) is 19.1 Å². The number of rotatable bonds is 1. The Morgan fingerprint density at radius 3 is 2.53 bits per heavy atom. The third-order valence-electron chi connectivity index (χ3n) is 6.36. The third-order valence-corrected chi connectivity index (χ3v) is 6.36. The maximum Gasteiger partial charge on any atom is 0.255 e. The first-order valence-corrected chi connectivity index (χ1v) is 10.00. The number of phenolic OH excluding ortho intramolecular Hbond substituents is 1. The van der Waals surface area contributed by atoms with Gasteiger partial charge >= 0.3 is 0 Å². The predicted octanol–water partition coefficient (Wildman–Crippen LogP) is 0.313. The van der Waals surface area contributed by atoms with Crippen molar-refractivity contribution in [1.29, 1.82) is 0 Å². The van der Waals surface area contributed by atoms with E-state index in [1.54, 1.807) is 0 Å². The molecule has 7 N–H and O–H groups in total. The number of Topliss-reactive ketones (excluding diaryl/α,β-unsaturated/α-hetero) is 2. The molecule has 0 bridgehead atoms. The number of nitrogens with two attached hydrogens (primary N) is 1. The van der Waals surface area contributed by atoms with E-state index in [4.69, 9.17) is 5.73 Å². The average Bonchev–Trinajstić information content (AvgIpc) is 2.69. The Hall–Kier alpha value is -3.61. The van der Waals surface area contributed by atoms with Crippen molar-refractivity contribution in [3.05, 3.63) is 51.5 Å². The van der Waals surface area contributed by atoms with Gasteiger partial charge in [0, 0.05) is 23.5 Å². The highest BCUT2D eigenvalue weighted by molar-refractivity contribution is 6.24. The van der Waals surface area contributed by atoms with E-state index in [-0.39, 0.29) is 36.1 Å². The number of phenols is 1. The normalized spacial score (nSPS) is 27.7. The average molecular weight is 439 g/mol. The zero-order valence-electron chi connectivity index (χ0n) is 17.0. The van der Waals surface area contributed by atoms with Crippen LogP contribution in [-0.2, 0) is 16.0 Å². The minimum absolute atomic E-state index is 0.0435. The van der Waals surface area contributed by atoms with Crippen molar-refractivity contribution in [2.24, 2.45) is 17.6 Å². The van der Waals surface area contributed by atoms with Gasteiger partial charge < -0.3 is 31.3 Å². The summed E-state index contributed by atoms with van der Waals surface area (Å²) in [6, 6.07) is 2.78. The van der Waals surface area contributed by atoms with E-state index in [0.717, 1.165) is 0 Å². The highest BCUT2D eigenvalue weighted by Gasteiger charge is 2.59. The fraction of sp³-hybridized carbons (Fsp3) is 0.348. The van der Waals surface area contributed by atoms with Crippen molar-refractivity contribution >= 4 is 17.5 Å². The molecule has 3 aliphatic rings. The molecule has 166 valence electrons. The molecule has 9 nitrogen and oxygen atoms in total. The van der Waals surface area contributed by atoms with E-state index in [2.05, 4.69) is 11.8 Å². The number of aliphatic hydroxyl groups excluding tert-OH is 3. The van der Waals surface area contributed by atoms with Gasteiger partial charge in [-0.25, -0.2) is 0 Å². The molecule has 0 fully saturated rings. The van der Waals surface area contributed by atoms with Crippen LogP contribution < -0.4 is 5.73 Å². The molecule has 32 heavy (non-hydrogen) atoms. The Bertz CT molecular complexity index is 1210. The lowest BCUT2D eigenvalue weighted by Crippen LogP contribution is -2.57. The lowest BCUT2D eigenvalue weighted by molar-refractivity contribution is -0.144. The van der Waals surface area contributed by atoms with Crippen LogP contribution in [0.5, 0.6) is 5.75 Å². The standard InChI is InChI=1S/C23H21NO8/c1-9(25)2-3-10-4-5-14(26)17-13(10)7-11-6-12-8-15(27)18(22(24)31)21(30)23(12,32)20(29)16(11)19(17)28/h4-5,9,11-12,25-27,29,32H,6-8H2,1H3,(H2,24,31)/t9?,11-,12+,23+/m1/s1. The molecule has 3 aliphatic carbocycles. The summed E-state index contributed by atoms with van der Waals surface area (Å²) < 4.78 is 0. The first-order valence-electron chi connectivity index (χ1n) is 10.00. The van der Waals surface area contributed by atoms with E-state index >= 15 is 0 Å². The van der Waals surface area contributed by atoms with Crippen LogP contribution in [0.1, 0.15) is 41.3 Å². The Kier molecular flexibility index (Phi) is 4.88. The Labute approximate surface area is 182 Å². The Balaban J connectivity index is 1.89. The number of ketones is 2. The second-order valence-corrected chi connectivity index (χ2v) is 8.34. The molecule has 1 unspecified atom stereocenters. The second kappa shape index (κ2) is 7.22. The van der Waals surface area contributed by atoms with Gasteiger partial charge in [0.05, 0.1) is 5.56 Å². The Morgan fingerprint density at radius 1 is 1.22 bits per heavy atom. The van der Waals surface area contributed by atoms with Crippen molar-refractivity contribution < 1.29 is 39.9 Å². The molecular formula is C23H21NO8. The van der Waals surface area contributed by atoms with Crippen LogP contribution >= 0.6 is 0 Å². The van der Waals surface area contributed by atoms with Crippen molar-refractivity contribution in [2.75, 3.05) is 0 Å². The molecule has 1 aromatic rings. The number of amides is 1. The maximum absolute atomic E-state index is 13.3. The van der Waals surface area contributed by atoms with Gasteiger partial charge in [-0.2, -0.15) is 0 Å². The number of fused-ring (bicyclic) bond motifs is 3. The van der Waals surface area contributed by atoms with Crippen LogP contribution in [0.3, 0.4) is 0 Å². The summed E-state index contributed by atoms with van der Waals surface area (Å²) in [7, 11) is 0. The van der Waals surface area contributed by atoms with Crippen molar-refractivity contribution in [3.8, 4) is 17.6 Å². The molecule has 0 spiro atoms. The number of carbonyl (C=O) groups is 3. The number of allylic oxidation sites excluding steroid dienone is 2. The first-order chi connectivity index (χ1) is 15.0. The highest BCUT2D eigenvalue weighted by atomic mass is 16.3. The van der Waals surface area contributed by atoms with Gasteiger partial charge in [-0.05, 0) is 43.4 Å². The van der Waals surface area contributed by atoms with Gasteiger partial charge in [0.25, 0.3) is 5.91 Å². The molecule has 1 amide bonds. The summed E-state index contributed by atoms with van der Waals surface area (Å²) in [6.07, 6.45) is -0.996. The number of primary amides is 1. The van der Waals surface area contributed by atoms with Crippen LogP contribution in [0.25, 0.3) is 0 Å². The predicted molar refractivity (Wildman–Crippen MR) is 109 cm³/mol. The molecule has 0 radical (unpaired) electrons. The minimum Gasteiger partial charge on any atom is -0.511 e. The molecule has 0 saturated heterocycles. The molecule has 9 heteroatoms. The fourth-order valence-corrected chi connectivity index (χ4v) is 4.92. The van der Waals surface area contributed by atoms with Gasteiger partial charge in [-0.3, -0.25) is 14.4 Å².